The van der Waals surface area contributed by atoms with E-state index in [1.165, 1.54) is 18.5 Å². The van der Waals surface area contributed by atoms with Crippen molar-refractivity contribution in [3.63, 3.8) is 0 Å². The van der Waals surface area contributed by atoms with Crippen molar-refractivity contribution in [3.8, 4) is 0 Å². The van der Waals surface area contributed by atoms with Crippen molar-refractivity contribution in [1.82, 2.24) is 20.6 Å². The molecule has 0 spiro atoms. The van der Waals surface area contributed by atoms with E-state index in [0.717, 1.165) is 0 Å². The molecule has 1 aromatic heterocycles. The Kier molecular flexibility index (Phi) is 7.85. The standard InChI is InChI=1S/C13H19N5O6/c14-7(4-19)12(23)18-9(6-21)13(24)17-8(5-20)10(22)11-15-2-1-3-16-11/h1-3,7-9,19-21H,4-6,14H2,(H,17,24)(H,18,23)/t7-,8-,9-/m0/s1. The number of carbonyl (C=O) groups excluding carboxylic acids is 3. The molecule has 0 saturated carbocycles. The highest BCUT2D eigenvalue weighted by Crippen LogP contribution is 1.98. The highest BCUT2D eigenvalue weighted by Gasteiger charge is 2.28. The van der Waals surface area contributed by atoms with Crippen LogP contribution in [-0.4, -0.2) is 80.8 Å². The van der Waals surface area contributed by atoms with E-state index in [1.54, 1.807) is 0 Å². The first-order valence-corrected chi connectivity index (χ1v) is 6.94. The summed E-state index contributed by atoms with van der Waals surface area (Å²) in [5, 5.41) is 31.5. The van der Waals surface area contributed by atoms with Gasteiger partial charge in [-0.05, 0) is 6.07 Å². The quantitative estimate of drug-likeness (QED) is 0.243. The number of rotatable bonds is 9. The van der Waals surface area contributed by atoms with Gasteiger partial charge in [0, 0.05) is 12.4 Å². The van der Waals surface area contributed by atoms with E-state index in [4.69, 9.17) is 10.8 Å². The molecular formula is C13H19N5O6. The van der Waals surface area contributed by atoms with Gasteiger partial charge in [-0.1, -0.05) is 0 Å². The number of aromatic nitrogens is 2. The molecule has 0 fully saturated rings. The summed E-state index contributed by atoms with van der Waals surface area (Å²) in [6.45, 7) is -2.15. The molecule has 0 unspecified atom stereocenters. The average molecular weight is 341 g/mol. The van der Waals surface area contributed by atoms with Gasteiger partial charge in [-0.15, -0.1) is 0 Å². The van der Waals surface area contributed by atoms with Crippen molar-refractivity contribution < 1.29 is 29.7 Å². The Hall–Kier alpha value is -2.47. The van der Waals surface area contributed by atoms with E-state index in [-0.39, 0.29) is 5.82 Å². The monoisotopic (exact) mass is 341 g/mol. The van der Waals surface area contributed by atoms with Crippen LogP contribution in [0.1, 0.15) is 10.6 Å². The number of carbonyl (C=O) groups is 3. The molecule has 3 atom stereocenters. The maximum atomic E-state index is 12.1. The van der Waals surface area contributed by atoms with Gasteiger partial charge in [0.2, 0.25) is 17.6 Å². The Morgan fingerprint density at radius 2 is 1.50 bits per heavy atom. The van der Waals surface area contributed by atoms with Gasteiger partial charge in [0.05, 0.1) is 19.8 Å². The zero-order valence-corrected chi connectivity index (χ0v) is 12.6. The molecule has 0 radical (unpaired) electrons. The van der Waals surface area contributed by atoms with Crippen molar-refractivity contribution in [2.45, 2.75) is 18.1 Å². The summed E-state index contributed by atoms with van der Waals surface area (Å²) in [4.78, 5) is 43.1. The second-order valence-electron chi connectivity index (χ2n) is 4.71. The second-order valence-corrected chi connectivity index (χ2v) is 4.71. The number of hydrogen-bond acceptors (Lipinski definition) is 9. The Labute approximate surface area is 136 Å². The highest BCUT2D eigenvalue weighted by atomic mass is 16.3. The van der Waals surface area contributed by atoms with Crippen LogP contribution in [0.25, 0.3) is 0 Å². The number of nitrogens with two attached hydrogens (primary N) is 1. The smallest absolute Gasteiger partial charge is 0.245 e. The third-order valence-electron chi connectivity index (χ3n) is 2.95. The first-order chi connectivity index (χ1) is 11.4. The average Bonchev–Trinajstić information content (AvgIpc) is 2.62. The molecular weight excluding hydrogens is 322 g/mol. The molecule has 0 aliphatic carbocycles. The zero-order chi connectivity index (χ0) is 18.1. The highest BCUT2D eigenvalue weighted by molar-refractivity contribution is 6.00. The molecule has 0 bridgehead atoms. The number of hydrogen-bond donors (Lipinski definition) is 6. The largest absolute Gasteiger partial charge is 0.394 e. The van der Waals surface area contributed by atoms with Crippen LogP contribution < -0.4 is 16.4 Å². The summed E-state index contributed by atoms with van der Waals surface area (Å²) in [6.07, 6.45) is 2.65. The molecule has 2 amide bonds. The van der Waals surface area contributed by atoms with E-state index >= 15 is 0 Å². The van der Waals surface area contributed by atoms with Gasteiger partial charge in [-0.25, -0.2) is 9.97 Å². The fourth-order valence-electron chi connectivity index (χ4n) is 1.60. The lowest BCUT2D eigenvalue weighted by Crippen LogP contribution is -2.57. The van der Waals surface area contributed by atoms with Crippen molar-refractivity contribution in [2.75, 3.05) is 19.8 Å². The molecule has 0 aromatic carbocycles. The summed E-state index contributed by atoms with van der Waals surface area (Å²) in [7, 11) is 0. The van der Waals surface area contributed by atoms with Gasteiger partial charge >= 0.3 is 0 Å². The normalized spacial score (nSPS) is 14.3. The Balaban J connectivity index is 2.74. The summed E-state index contributed by atoms with van der Waals surface area (Å²) in [6, 6.07) is -2.53. The lowest BCUT2D eigenvalue weighted by molar-refractivity contribution is -0.131. The van der Waals surface area contributed by atoms with Crippen LogP contribution in [0.15, 0.2) is 18.5 Å². The predicted octanol–water partition coefficient (Wildman–Crippen LogP) is -4.07. The number of aliphatic hydroxyl groups excluding tert-OH is 3. The van der Waals surface area contributed by atoms with Gasteiger partial charge < -0.3 is 31.7 Å². The molecule has 0 aliphatic heterocycles. The van der Waals surface area contributed by atoms with Crippen LogP contribution >= 0.6 is 0 Å². The molecule has 1 aromatic rings. The van der Waals surface area contributed by atoms with Gasteiger partial charge in [0.25, 0.3) is 0 Å². The van der Waals surface area contributed by atoms with E-state index in [0.29, 0.717) is 0 Å². The summed E-state index contributed by atoms with van der Waals surface area (Å²) in [5.41, 5.74) is 5.29. The number of ketones is 1. The topological polar surface area (TPSA) is 188 Å². The van der Waals surface area contributed by atoms with Gasteiger partial charge in [0.1, 0.15) is 18.1 Å². The van der Waals surface area contributed by atoms with Crippen LogP contribution in [0, 0.1) is 0 Å². The molecule has 1 rings (SSSR count). The minimum Gasteiger partial charge on any atom is -0.394 e. The third kappa shape index (κ3) is 5.31. The molecule has 132 valence electrons. The summed E-state index contributed by atoms with van der Waals surface area (Å²) < 4.78 is 0. The van der Waals surface area contributed by atoms with Crippen molar-refractivity contribution in [2.24, 2.45) is 5.73 Å². The van der Waals surface area contributed by atoms with E-state index < -0.39 is 55.5 Å². The number of nitrogens with one attached hydrogen (secondary N) is 2. The second kappa shape index (κ2) is 9.62. The summed E-state index contributed by atoms with van der Waals surface area (Å²) in [5.74, 6) is -2.71. The minimum absolute atomic E-state index is 0.205. The van der Waals surface area contributed by atoms with Gasteiger partial charge in [-0.2, -0.15) is 0 Å². The Morgan fingerprint density at radius 3 is 2.00 bits per heavy atom. The van der Waals surface area contributed by atoms with Crippen LogP contribution in [-0.2, 0) is 9.59 Å². The van der Waals surface area contributed by atoms with Crippen molar-refractivity contribution in [3.05, 3.63) is 24.3 Å². The van der Waals surface area contributed by atoms with E-state index in [2.05, 4.69) is 20.6 Å². The fraction of sp³-hybridized carbons (Fsp3) is 0.462. The Morgan fingerprint density at radius 1 is 0.958 bits per heavy atom. The van der Waals surface area contributed by atoms with E-state index in [1.807, 2.05) is 0 Å². The van der Waals surface area contributed by atoms with Crippen LogP contribution in [0.3, 0.4) is 0 Å². The molecule has 24 heavy (non-hydrogen) atoms. The lowest BCUT2D eigenvalue weighted by Gasteiger charge is -2.21. The third-order valence-corrected chi connectivity index (χ3v) is 2.95. The minimum atomic E-state index is -1.41. The van der Waals surface area contributed by atoms with E-state index in [9.17, 15) is 24.6 Å². The van der Waals surface area contributed by atoms with Crippen molar-refractivity contribution in [1.29, 1.82) is 0 Å². The fourth-order valence-corrected chi connectivity index (χ4v) is 1.60. The number of nitrogens with zero attached hydrogens (tertiary/aromatic N) is 2. The molecule has 1 heterocycles. The predicted molar refractivity (Wildman–Crippen MR) is 79.5 cm³/mol. The molecule has 7 N–H and O–H groups in total. The molecule has 0 saturated heterocycles. The molecule has 0 aliphatic rings. The Bertz CT molecular complexity index is 569. The maximum absolute atomic E-state index is 12.1. The van der Waals surface area contributed by atoms with Gasteiger partial charge in [0.15, 0.2) is 5.82 Å². The van der Waals surface area contributed by atoms with Crippen LogP contribution in [0.4, 0.5) is 0 Å². The number of aliphatic hydroxyl groups is 3. The molecule has 11 heteroatoms. The lowest BCUT2D eigenvalue weighted by atomic mass is 10.1. The van der Waals surface area contributed by atoms with Crippen LogP contribution in [0.5, 0.6) is 0 Å². The number of amides is 2. The molecule has 11 nitrogen and oxygen atoms in total. The van der Waals surface area contributed by atoms with Gasteiger partial charge in [-0.3, -0.25) is 14.4 Å². The first kappa shape index (κ1) is 19.6. The number of Topliss-reactive ketones (excluding diaryl/α,β-unsaturated/α-hetero) is 1. The summed E-state index contributed by atoms with van der Waals surface area (Å²) >= 11 is 0. The zero-order valence-electron chi connectivity index (χ0n) is 12.6. The first-order valence-electron chi connectivity index (χ1n) is 6.94. The maximum Gasteiger partial charge on any atom is 0.245 e. The van der Waals surface area contributed by atoms with Crippen LogP contribution in [0.2, 0.25) is 0 Å². The van der Waals surface area contributed by atoms with Crippen molar-refractivity contribution >= 4 is 17.6 Å². The SMILES string of the molecule is N[C@@H](CO)C(=O)N[C@@H](CO)C(=O)N[C@@H](CO)C(=O)c1ncccn1.